The van der Waals surface area contributed by atoms with Gasteiger partial charge in [-0.2, -0.15) is 0 Å². The van der Waals surface area contributed by atoms with Gasteiger partial charge in [-0.3, -0.25) is 9.78 Å². The molecule has 0 aliphatic carbocycles. The fourth-order valence-electron chi connectivity index (χ4n) is 4.14. The van der Waals surface area contributed by atoms with Gasteiger partial charge in [0.25, 0.3) is 5.09 Å². The topological polar surface area (TPSA) is 159 Å². The van der Waals surface area contributed by atoms with E-state index in [2.05, 4.69) is 20.5 Å². The lowest BCUT2D eigenvalue weighted by atomic mass is 9.97. The molecule has 1 unspecified atom stereocenters. The number of thiophene rings is 1. The Kier molecular flexibility index (Phi) is 10.5. The summed E-state index contributed by atoms with van der Waals surface area (Å²) in [4.78, 5) is 57.0. The van der Waals surface area contributed by atoms with Crippen LogP contribution in [0.2, 0.25) is 0 Å². The number of carbonyl (C=O) groups is 3. The average molecular weight is 621 g/mol. The van der Waals surface area contributed by atoms with Crippen molar-refractivity contribution in [2.45, 2.75) is 45.3 Å². The van der Waals surface area contributed by atoms with Crippen LogP contribution in [-0.4, -0.2) is 46.8 Å². The largest absolute Gasteiger partial charge is 0.457 e. The van der Waals surface area contributed by atoms with Gasteiger partial charge in [-0.25, -0.2) is 9.59 Å². The van der Waals surface area contributed by atoms with Crippen molar-refractivity contribution in [3.63, 3.8) is 0 Å². The SMILES string of the molecule is CC(C)(C)OC(=O)NCC(C(=O)Nc1cc2ccncc2s1)c1ccc(COC(=O)c2ccc(CCO[N+](=O)[O-])cc2)cc1. The maximum atomic E-state index is 13.4. The molecule has 0 bridgehead atoms. The third-order valence-electron chi connectivity index (χ3n) is 6.26. The Hall–Kier alpha value is -5.04. The molecule has 4 rings (SSSR count). The lowest BCUT2D eigenvalue weighted by Crippen LogP contribution is -2.37. The molecule has 2 amide bonds. The highest BCUT2D eigenvalue weighted by Gasteiger charge is 2.24. The zero-order valence-electron chi connectivity index (χ0n) is 24.4. The quantitative estimate of drug-likeness (QED) is 0.116. The number of ether oxygens (including phenoxy) is 2. The first-order chi connectivity index (χ1) is 21.0. The van der Waals surface area contributed by atoms with Gasteiger partial charge >= 0.3 is 12.1 Å². The number of benzene rings is 2. The number of alkyl carbamates (subject to hydrolysis) is 1. The minimum atomic E-state index is -0.848. The molecule has 13 heteroatoms. The van der Waals surface area contributed by atoms with E-state index in [1.54, 1.807) is 81.7 Å². The first kappa shape index (κ1) is 31.9. The van der Waals surface area contributed by atoms with Crippen LogP contribution in [0.25, 0.3) is 10.1 Å². The molecule has 2 aromatic carbocycles. The van der Waals surface area contributed by atoms with Gasteiger partial charge in [-0.1, -0.05) is 36.4 Å². The maximum Gasteiger partial charge on any atom is 0.407 e. The molecular formula is C31H32N4O8S. The number of fused-ring (bicyclic) bond motifs is 1. The third kappa shape index (κ3) is 9.49. The van der Waals surface area contributed by atoms with E-state index in [9.17, 15) is 24.5 Å². The van der Waals surface area contributed by atoms with Gasteiger partial charge in [0.1, 0.15) is 18.8 Å². The number of nitrogens with one attached hydrogen (secondary N) is 2. The van der Waals surface area contributed by atoms with Crippen molar-refractivity contribution in [2.75, 3.05) is 18.5 Å². The van der Waals surface area contributed by atoms with Crippen LogP contribution in [0.1, 0.15) is 53.7 Å². The smallest absolute Gasteiger partial charge is 0.407 e. The molecule has 0 radical (unpaired) electrons. The molecule has 0 spiro atoms. The third-order valence-corrected chi connectivity index (χ3v) is 7.27. The van der Waals surface area contributed by atoms with E-state index in [1.807, 2.05) is 12.1 Å². The van der Waals surface area contributed by atoms with Crippen molar-refractivity contribution in [1.29, 1.82) is 0 Å². The van der Waals surface area contributed by atoms with Gasteiger partial charge in [0.2, 0.25) is 5.91 Å². The zero-order chi connectivity index (χ0) is 31.7. The Morgan fingerprint density at radius 1 is 1.02 bits per heavy atom. The van der Waals surface area contributed by atoms with Gasteiger partial charge in [0.15, 0.2) is 0 Å². The van der Waals surface area contributed by atoms with Crippen molar-refractivity contribution in [3.05, 3.63) is 105 Å². The van der Waals surface area contributed by atoms with Crippen LogP contribution in [0.15, 0.2) is 73.1 Å². The zero-order valence-corrected chi connectivity index (χ0v) is 25.2. The first-order valence-electron chi connectivity index (χ1n) is 13.7. The molecule has 230 valence electrons. The number of hydrogen-bond acceptors (Lipinski definition) is 10. The molecule has 0 aliphatic heterocycles. The van der Waals surface area contributed by atoms with Crippen LogP contribution in [0.3, 0.4) is 0 Å². The Balaban J connectivity index is 1.39. The summed E-state index contributed by atoms with van der Waals surface area (Å²) < 4.78 is 11.7. The molecule has 2 aromatic heterocycles. The van der Waals surface area contributed by atoms with Gasteiger partial charge in [0.05, 0.1) is 21.2 Å². The van der Waals surface area contributed by atoms with Gasteiger partial charge in [-0.05, 0) is 73.5 Å². The fourth-order valence-corrected chi connectivity index (χ4v) is 5.07. The number of carbonyl (C=O) groups excluding carboxylic acids is 3. The number of esters is 1. The van der Waals surface area contributed by atoms with E-state index >= 15 is 0 Å². The van der Waals surface area contributed by atoms with Gasteiger partial charge < -0.3 is 24.9 Å². The molecule has 0 saturated carbocycles. The van der Waals surface area contributed by atoms with Crippen molar-refractivity contribution >= 4 is 44.4 Å². The molecular weight excluding hydrogens is 588 g/mol. The number of nitrogens with zero attached hydrogens (tertiary/aromatic N) is 2. The van der Waals surface area contributed by atoms with E-state index in [4.69, 9.17) is 9.47 Å². The predicted molar refractivity (Wildman–Crippen MR) is 164 cm³/mol. The molecule has 2 heterocycles. The Labute approximate surface area is 257 Å². The fraction of sp³-hybridized carbons (Fsp3) is 0.290. The normalized spacial score (nSPS) is 11.8. The second-order valence-corrected chi connectivity index (χ2v) is 11.9. The Morgan fingerprint density at radius 2 is 1.73 bits per heavy atom. The standard InChI is InChI=1S/C31H32N4O8S/c1-31(2,3)43-30(38)33-17-25(28(36)34-27-16-24-12-14-32-18-26(24)44-27)22-8-6-21(7-9-22)19-41-29(37)23-10-4-20(5-11-23)13-15-42-35(39)40/h4-12,14,16,18,25H,13,15,17,19H2,1-3H3,(H,33,38)(H,34,36). The maximum absolute atomic E-state index is 13.4. The number of amides is 2. The van der Waals surface area contributed by atoms with Crippen molar-refractivity contribution in [3.8, 4) is 0 Å². The van der Waals surface area contributed by atoms with Crippen LogP contribution in [-0.2, 0) is 32.1 Å². The molecule has 1 atom stereocenters. The molecule has 12 nitrogen and oxygen atoms in total. The monoisotopic (exact) mass is 620 g/mol. The summed E-state index contributed by atoms with van der Waals surface area (Å²) in [5.41, 5.74) is 1.77. The number of hydrogen-bond donors (Lipinski definition) is 2. The van der Waals surface area contributed by atoms with Crippen LogP contribution in [0.4, 0.5) is 9.80 Å². The molecule has 0 aliphatic rings. The predicted octanol–water partition coefficient (Wildman–Crippen LogP) is 5.65. The Morgan fingerprint density at radius 3 is 2.39 bits per heavy atom. The summed E-state index contributed by atoms with van der Waals surface area (Å²) in [7, 11) is 0. The average Bonchev–Trinajstić information content (AvgIpc) is 3.38. The van der Waals surface area contributed by atoms with Gasteiger partial charge in [0, 0.05) is 18.9 Å². The van der Waals surface area contributed by atoms with E-state index in [0.29, 0.717) is 28.1 Å². The number of rotatable bonds is 12. The van der Waals surface area contributed by atoms with E-state index in [0.717, 1.165) is 15.6 Å². The summed E-state index contributed by atoms with van der Waals surface area (Å²) in [6.45, 7) is 5.19. The van der Waals surface area contributed by atoms with E-state index in [1.165, 1.54) is 11.3 Å². The van der Waals surface area contributed by atoms with E-state index in [-0.39, 0.29) is 25.7 Å². The van der Waals surface area contributed by atoms with Crippen LogP contribution in [0, 0.1) is 10.1 Å². The van der Waals surface area contributed by atoms with Crippen molar-refractivity contribution in [1.82, 2.24) is 10.3 Å². The summed E-state index contributed by atoms with van der Waals surface area (Å²) >= 11 is 1.40. The molecule has 44 heavy (non-hydrogen) atoms. The van der Waals surface area contributed by atoms with E-state index < -0.39 is 28.7 Å². The molecule has 2 N–H and O–H groups in total. The number of anilines is 1. The van der Waals surface area contributed by atoms with Crippen LogP contribution >= 0.6 is 11.3 Å². The highest BCUT2D eigenvalue weighted by molar-refractivity contribution is 7.22. The first-order valence-corrected chi connectivity index (χ1v) is 14.5. The second-order valence-electron chi connectivity index (χ2n) is 10.8. The second kappa shape index (κ2) is 14.4. The number of pyridine rings is 1. The highest BCUT2D eigenvalue weighted by atomic mass is 32.1. The summed E-state index contributed by atoms with van der Waals surface area (Å²) in [5.74, 6) is -1.58. The van der Waals surface area contributed by atoms with Crippen molar-refractivity contribution < 1.29 is 33.8 Å². The van der Waals surface area contributed by atoms with Gasteiger partial charge in [-0.15, -0.1) is 21.5 Å². The molecule has 4 aromatic rings. The highest BCUT2D eigenvalue weighted by Crippen LogP contribution is 2.30. The molecule has 0 fully saturated rings. The van der Waals surface area contributed by atoms with Crippen molar-refractivity contribution in [2.24, 2.45) is 0 Å². The Bertz CT molecular complexity index is 1580. The van der Waals surface area contributed by atoms with Crippen LogP contribution in [0.5, 0.6) is 0 Å². The number of aromatic nitrogens is 1. The van der Waals surface area contributed by atoms with Crippen LogP contribution < -0.4 is 10.6 Å². The lowest BCUT2D eigenvalue weighted by Gasteiger charge is -2.22. The molecule has 0 saturated heterocycles. The summed E-state index contributed by atoms with van der Waals surface area (Å²) in [6, 6.07) is 17.3. The summed E-state index contributed by atoms with van der Waals surface area (Å²) in [5, 5.41) is 16.7. The minimum absolute atomic E-state index is 0.000378. The lowest BCUT2D eigenvalue weighted by molar-refractivity contribution is -0.757. The summed E-state index contributed by atoms with van der Waals surface area (Å²) in [6.07, 6.45) is 3.11. The minimum Gasteiger partial charge on any atom is -0.457 e.